The van der Waals surface area contributed by atoms with Crippen molar-refractivity contribution in [3.05, 3.63) is 29.8 Å². The van der Waals surface area contributed by atoms with E-state index >= 15 is 0 Å². The average molecular weight is 288 g/mol. The van der Waals surface area contributed by atoms with E-state index in [2.05, 4.69) is 19.9 Å². The monoisotopic (exact) mass is 288 g/mol. The van der Waals surface area contributed by atoms with Crippen LogP contribution in [0.3, 0.4) is 0 Å². The minimum atomic E-state index is -0.641. The zero-order chi connectivity index (χ0) is 15.1. The molecule has 1 aromatic rings. The Morgan fingerprint density at radius 1 is 1.24 bits per heavy atom. The molecule has 1 aliphatic carbocycles. The number of fused-ring (bicyclic) bond motifs is 1. The molecule has 0 radical (unpaired) electrons. The van der Waals surface area contributed by atoms with Crippen LogP contribution in [0.1, 0.15) is 51.5 Å². The van der Waals surface area contributed by atoms with Gasteiger partial charge >= 0.3 is 5.97 Å². The number of hydrogen-bond donors (Lipinski definition) is 1. The Kier molecular flexibility index (Phi) is 3.46. The molecule has 3 rings (SSSR count). The Balaban J connectivity index is 1.72. The van der Waals surface area contributed by atoms with E-state index < -0.39 is 11.4 Å². The van der Waals surface area contributed by atoms with Crippen LogP contribution in [0.5, 0.6) is 5.75 Å². The predicted molar refractivity (Wildman–Crippen MR) is 81.5 cm³/mol. The standard InChI is InChI=1S/C18H24O3/c1-17(2)7-9-18(10-8-17,16(19)20)12-14-11-13-5-3-4-6-15(13)21-14/h3-6,14H,7-12H2,1-2H3,(H,19,20). The summed E-state index contributed by atoms with van der Waals surface area (Å²) < 4.78 is 5.97. The number of aliphatic carboxylic acids is 1. The summed E-state index contributed by atoms with van der Waals surface area (Å²) in [4.78, 5) is 11.9. The Hall–Kier alpha value is -1.51. The van der Waals surface area contributed by atoms with E-state index in [1.165, 1.54) is 5.56 Å². The fourth-order valence-corrected chi connectivity index (χ4v) is 3.71. The van der Waals surface area contributed by atoms with Gasteiger partial charge in [0, 0.05) is 12.8 Å². The van der Waals surface area contributed by atoms with E-state index in [4.69, 9.17) is 4.74 Å². The molecule has 1 heterocycles. The molecule has 1 saturated carbocycles. The molecular formula is C18H24O3. The van der Waals surface area contributed by atoms with Gasteiger partial charge in [-0.1, -0.05) is 32.0 Å². The molecule has 1 atom stereocenters. The van der Waals surface area contributed by atoms with Gasteiger partial charge in [0.15, 0.2) is 0 Å². The second kappa shape index (κ2) is 5.04. The maximum Gasteiger partial charge on any atom is 0.309 e. The fourth-order valence-electron chi connectivity index (χ4n) is 3.71. The topological polar surface area (TPSA) is 46.5 Å². The third-order valence-electron chi connectivity index (χ3n) is 5.35. The van der Waals surface area contributed by atoms with Gasteiger partial charge in [0.1, 0.15) is 11.9 Å². The van der Waals surface area contributed by atoms with Crippen LogP contribution in [0, 0.1) is 10.8 Å². The Morgan fingerprint density at radius 3 is 2.52 bits per heavy atom. The predicted octanol–water partition coefficient (Wildman–Crippen LogP) is 4.05. The van der Waals surface area contributed by atoms with E-state index in [9.17, 15) is 9.90 Å². The molecule has 0 spiro atoms. The van der Waals surface area contributed by atoms with Gasteiger partial charge in [0.2, 0.25) is 0 Å². The molecule has 1 aromatic carbocycles. The van der Waals surface area contributed by atoms with Crippen molar-refractivity contribution in [2.24, 2.45) is 10.8 Å². The molecule has 0 saturated heterocycles. The lowest BCUT2D eigenvalue weighted by Gasteiger charge is -2.41. The summed E-state index contributed by atoms with van der Waals surface area (Å²) >= 11 is 0. The molecule has 2 aliphatic rings. The summed E-state index contributed by atoms with van der Waals surface area (Å²) in [6.45, 7) is 4.47. The number of rotatable bonds is 3. The number of carbonyl (C=O) groups is 1. The van der Waals surface area contributed by atoms with Crippen molar-refractivity contribution in [1.82, 2.24) is 0 Å². The van der Waals surface area contributed by atoms with E-state index in [1.807, 2.05) is 18.2 Å². The van der Waals surface area contributed by atoms with Crippen LogP contribution >= 0.6 is 0 Å². The van der Waals surface area contributed by atoms with E-state index in [0.29, 0.717) is 6.42 Å². The first kappa shape index (κ1) is 14.4. The van der Waals surface area contributed by atoms with Crippen molar-refractivity contribution in [3.8, 4) is 5.75 Å². The first-order valence-corrected chi connectivity index (χ1v) is 7.88. The van der Waals surface area contributed by atoms with Gasteiger partial charge in [-0.05, 0) is 42.7 Å². The fraction of sp³-hybridized carbons (Fsp3) is 0.611. The van der Waals surface area contributed by atoms with Crippen molar-refractivity contribution in [2.75, 3.05) is 0 Å². The van der Waals surface area contributed by atoms with E-state index in [-0.39, 0.29) is 11.5 Å². The van der Waals surface area contributed by atoms with Crippen LogP contribution in [-0.4, -0.2) is 17.2 Å². The Morgan fingerprint density at radius 2 is 1.90 bits per heavy atom. The number of carboxylic acid groups (broad SMARTS) is 1. The largest absolute Gasteiger partial charge is 0.490 e. The summed E-state index contributed by atoms with van der Waals surface area (Å²) in [6, 6.07) is 8.04. The second-order valence-corrected chi connectivity index (χ2v) is 7.51. The van der Waals surface area contributed by atoms with Crippen LogP contribution in [0.2, 0.25) is 0 Å². The van der Waals surface area contributed by atoms with Gasteiger partial charge in [-0.15, -0.1) is 0 Å². The zero-order valence-corrected chi connectivity index (χ0v) is 12.9. The number of ether oxygens (including phenoxy) is 1. The third-order valence-corrected chi connectivity index (χ3v) is 5.35. The molecule has 114 valence electrons. The lowest BCUT2D eigenvalue weighted by Crippen LogP contribution is -2.41. The molecule has 0 bridgehead atoms. The number of benzene rings is 1. The van der Waals surface area contributed by atoms with Crippen molar-refractivity contribution in [3.63, 3.8) is 0 Å². The van der Waals surface area contributed by atoms with Crippen LogP contribution in [0.4, 0.5) is 0 Å². The van der Waals surface area contributed by atoms with Crippen LogP contribution < -0.4 is 4.74 Å². The molecule has 0 aromatic heterocycles. The minimum absolute atomic E-state index is 0.0136. The minimum Gasteiger partial charge on any atom is -0.490 e. The molecule has 1 aliphatic heterocycles. The maximum absolute atomic E-state index is 11.9. The molecule has 1 unspecified atom stereocenters. The summed E-state index contributed by atoms with van der Waals surface area (Å²) in [5, 5.41) is 9.78. The first-order valence-electron chi connectivity index (χ1n) is 7.88. The van der Waals surface area contributed by atoms with Crippen molar-refractivity contribution in [2.45, 2.75) is 58.5 Å². The molecule has 0 amide bonds. The quantitative estimate of drug-likeness (QED) is 0.912. The van der Waals surface area contributed by atoms with Gasteiger partial charge in [-0.2, -0.15) is 0 Å². The summed E-state index contributed by atoms with van der Waals surface area (Å²) in [5.41, 5.74) is 0.889. The van der Waals surface area contributed by atoms with Gasteiger partial charge in [-0.3, -0.25) is 4.79 Å². The van der Waals surface area contributed by atoms with Gasteiger partial charge in [-0.25, -0.2) is 0 Å². The SMILES string of the molecule is CC1(C)CCC(CC2Cc3ccccc3O2)(C(=O)O)CC1. The molecule has 3 nitrogen and oxygen atoms in total. The number of carboxylic acids is 1. The molecule has 3 heteroatoms. The van der Waals surface area contributed by atoms with Gasteiger partial charge in [0.25, 0.3) is 0 Å². The maximum atomic E-state index is 11.9. The van der Waals surface area contributed by atoms with Gasteiger partial charge < -0.3 is 9.84 Å². The second-order valence-electron chi connectivity index (χ2n) is 7.51. The van der Waals surface area contributed by atoms with E-state index in [1.54, 1.807) is 0 Å². The zero-order valence-electron chi connectivity index (χ0n) is 12.9. The number of para-hydroxylation sites is 1. The normalized spacial score (nSPS) is 25.9. The highest BCUT2D eigenvalue weighted by Crippen LogP contribution is 2.49. The van der Waals surface area contributed by atoms with Crippen LogP contribution in [-0.2, 0) is 11.2 Å². The summed E-state index contributed by atoms with van der Waals surface area (Å²) in [7, 11) is 0. The summed E-state index contributed by atoms with van der Waals surface area (Å²) in [5.74, 6) is 0.289. The van der Waals surface area contributed by atoms with Gasteiger partial charge in [0.05, 0.1) is 5.41 Å². The smallest absolute Gasteiger partial charge is 0.309 e. The molecule has 21 heavy (non-hydrogen) atoms. The Labute approximate surface area is 126 Å². The third kappa shape index (κ3) is 2.78. The first-order chi connectivity index (χ1) is 9.90. The molecule has 1 N–H and O–H groups in total. The highest BCUT2D eigenvalue weighted by Gasteiger charge is 2.46. The van der Waals surface area contributed by atoms with Crippen molar-refractivity contribution < 1.29 is 14.6 Å². The highest BCUT2D eigenvalue weighted by molar-refractivity contribution is 5.75. The lowest BCUT2D eigenvalue weighted by molar-refractivity contribution is -0.154. The molecular weight excluding hydrogens is 264 g/mol. The average Bonchev–Trinajstić information content (AvgIpc) is 2.83. The van der Waals surface area contributed by atoms with E-state index in [0.717, 1.165) is 37.9 Å². The van der Waals surface area contributed by atoms with Crippen LogP contribution in [0.15, 0.2) is 24.3 Å². The van der Waals surface area contributed by atoms with Crippen molar-refractivity contribution in [1.29, 1.82) is 0 Å². The highest BCUT2D eigenvalue weighted by atomic mass is 16.5. The van der Waals surface area contributed by atoms with Crippen LogP contribution in [0.25, 0.3) is 0 Å². The van der Waals surface area contributed by atoms with Crippen molar-refractivity contribution >= 4 is 5.97 Å². The molecule has 1 fully saturated rings. The lowest BCUT2D eigenvalue weighted by atomic mass is 9.63. The Bertz CT molecular complexity index is 512. The summed E-state index contributed by atoms with van der Waals surface area (Å²) in [6.07, 6.45) is 5.00. The number of hydrogen-bond acceptors (Lipinski definition) is 2.